The van der Waals surface area contributed by atoms with Crippen LogP contribution in [0.15, 0.2) is 120 Å². The maximum Gasteiger partial charge on any atom is 0.303 e. The van der Waals surface area contributed by atoms with E-state index < -0.39 is 79.6 Å². The fourth-order valence-corrected chi connectivity index (χ4v) is 7.66. The second-order valence-corrected chi connectivity index (χ2v) is 15.4. The summed E-state index contributed by atoms with van der Waals surface area (Å²) in [4.78, 5) is 40.1. The van der Waals surface area contributed by atoms with Gasteiger partial charge < -0.3 is 52.1 Å². The third-order valence-electron chi connectivity index (χ3n) is 10.6. The first-order valence-corrected chi connectivity index (χ1v) is 20.9. The molecule has 17 heteroatoms. The molecule has 17 nitrogen and oxygen atoms in total. The molecule has 4 aromatic rings. The lowest BCUT2D eigenvalue weighted by Gasteiger charge is -2.50. The van der Waals surface area contributed by atoms with Crippen molar-refractivity contribution in [1.29, 1.82) is 0 Å². The maximum absolute atomic E-state index is 12.8. The molecule has 0 bridgehead atoms. The number of hydrogen-bond donors (Lipinski definition) is 0. The molecule has 0 spiro atoms. The van der Waals surface area contributed by atoms with Crippen LogP contribution in [0.1, 0.15) is 54.9 Å². The summed E-state index contributed by atoms with van der Waals surface area (Å²) in [6.45, 7) is 4.13. The molecule has 11 atom stereocenters. The Morgan fingerprint density at radius 1 is 0.625 bits per heavy atom. The molecular weight excluding hydrogens is 831 g/mol. The predicted molar refractivity (Wildman–Crippen MR) is 224 cm³/mol. The number of carbonyl (C=O) groups is 3. The smallest absolute Gasteiger partial charge is 0.303 e. The van der Waals surface area contributed by atoms with Crippen molar-refractivity contribution in [2.45, 2.75) is 115 Å². The largest absolute Gasteiger partial charge is 0.461 e. The molecule has 64 heavy (non-hydrogen) atoms. The number of fused-ring (bicyclic) bond motifs is 1. The van der Waals surface area contributed by atoms with E-state index in [1.807, 2.05) is 115 Å². The van der Waals surface area contributed by atoms with Gasteiger partial charge in [-0.05, 0) is 27.8 Å². The van der Waals surface area contributed by atoms with Crippen LogP contribution in [0.25, 0.3) is 10.4 Å². The van der Waals surface area contributed by atoms with Crippen molar-refractivity contribution in [3.05, 3.63) is 154 Å². The summed E-state index contributed by atoms with van der Waals surface area (Å²) in [6.07, 6.45) is -11.1. The minimum Gasteiger partial charge on any atom is -0.461 e. The van der Waals surface area contributed by atoms with Crippen LogP contribution in [-0.2, 0) is 92.9 Å². The minimum atomic E-state index is -1.43. The predicted octanol–water partition coefficient (Wildman–Crippen LogP) is 6.56. The number of nitrogens with zero attached hydrogens (tertiary/aromatic N) is 3. The van der Waals surface area contributed by atoms with Crippen molar-refractivity contribution in [3.8, 4) is 0 Å². The van der Waals surface area contributed by atoms with Gasteiger partial charge in [0.1, 0.15) is 43.2 Å². The molecule has 0 radical (unpaired) electrons. The molecule has 7 rings (SSSR count). The summed E-state index contributed by atoms with van der Waals surface area (Å²) in [6, 6.07) is 34.2. The van der Waals surface area contributed by atoms with Crippen molar-refractivity contribution >= 4 is 17.9 Å². The Labute approximate surface area is 370 Å². The van der Waals surface area contributed by atoms with Gasteiger partial charge in [-0.2, -0.15) is 0 Å². The van der Waals surface area contributed by atoms with Crippen LogP contribution in [0.5, 0.6) is 0 Å². The van der Waals surface area contributed by atoms with Gasteiger partial charge in [0, 0.05) is 31.2 Å². The van der Waals surface area contributed by atoms with Crippen molar-refractivity contribution in [2.24, 2.45) is 5.11 Å². The lowest BCUT2D eigenvalue weighted by molar-refractivity contribution is -0.383. The van der Waals surface area contributed by atoms with Crippen molar-refractivity contribution in [1.82, 2.24) is 0 Å². The molecule has 0 amide bonds. The first kappa shape index (κ1) is 46.3. The summed E-state index contributed by atoms with van der Waals surface area (Å²) < 4.78 is 68.7. The fraction of sp³-hybridized carbons (Fsp3) is 0.426. The Kier molecular flexibility index (Phi) is 16.5. The number of rotatable bonds is 18. The van der Waals surface area contributed by atoms with Gasteiger partial charge >= 0.3 is 17.9 Å². The van der Waals surface area contributed by atoms with E-state index in [4.69, 9.17) is 52.1 Å². The number of benzene rings is 4. The molecule has 3 aliphatic heterocycles. The van der Waals surface area contributed by atoms with Crippen LogP contribution in [0.4, 0.5) is 0 Å². The van der Waals surface area contributed by atoms with Gasteiger partial charge in [-0.1, -0.05) is 120 Å². The Balaban J connectivity index is 1.21. The van der Waals surface area contributed by atoms with E-state index in [0.29, 0.717) is 0 Å². The lowest BCUT2D eigenvalue weighted by atomic mass is 9.95. The molecule has 3 saturated heterocycles. The second kappa shape index (κ2) is 22.8. The van der Waals surface area contributed by atoms with Gasteiger partial charge in [0.15, 0.2) is 31.1 Å². The van der Waals surface area contributed by atoms with Crippen LogP contribution < -0.4 is 0 Å². The summed E-state index contributed by atoms with van der Waals surface area (Å²) in [5.41, 5.74) is 14.0. The van der Waals surface area contributed by atoms with Gasteiger partial charge in [-0.15, -0.1) is 0 Å². The van der Waals surface area contributed by atoms with Crippen LogP contribution >= 0.6 is 0 Å². The number of azide groups is 1. The molecular formula is C47H51N3O14. The molecule has 0 aliphatic carbocycles. The highest BCUT2D eigenvalue weighted by molar-refractivity contribution is 5.67. The molecule has 3 heterocycles. The van der Waals surface area contributed by atoms with Crippen molar-refractivity contribution in [3.63, 3.8) is 0 Å². The second-order valence-electron chi connectivity index (χ2n) is 15.4. The Morgan fingerprint density at radius 2 is 1.20 bits per heavy atom. The van der Waals surface area contributed by atoms with E-state index in [1.165, 1.54) is 20.8 Å². The highest BCUT2D eigenvalue weighted by Crippen LogP contribution is 2.39. The van der Waals surface area contributed by atoms with Crippen LogP contribution in [0.3, 0.4) is 0 Å². The number of carbonyl (C=O) groups excluding carboxylic acids is 3. The minimum absolute atomic E-state index is 0.00461. The van der Waals surface area contributed by atoms with Gasteiger partial charge in [-0.25, -0.2) is 0 Å². The quantitative estimate of drug-likeness (QED) is 0.0342. The third kappa shape index (κ3) is 12.5. The molecule has 338 valence electrons. The van der Waals surface area contributed by atoms with E-state index >= 15 is 0 Å². The van der Waals surface area contributed by atoms with Gasteiger partial charge in [0.05, 0.1) is 33.0 Å². The topological polar surface area (TPSA) is 202 Å². The Morgan fingerprint density at radius 3 is 1.83 bits per heavy atom. The zero-order valence-electron chi connectivity index (χ0n) is 35.6. The standard InChI is InChI=1S/C47H51N3O14/c1-29(51)55-24-34-19-21-35(22-20-34)26-57-46-39(49-50-48)42(56-25-33-15-9-5-10-16-33)40(37(61-46)27-54-23-32-13-7-4-8-14-32)64-47-44(60-31(3)53)43(59-30(2)52)41-38(62-47)28-58-45(63-41)36-17-11-6-12-18-36/h4-22,37-47H,23-28H2,1-3H3/t37-,38-,39-,40-,41+,42-,43+,44-,45+,46-,47+/m1/s1. The molecule has 4 aromatic carbocycles. The monoisotopic (exact) mass is 881 g/mol. The highest BCUT2D eigenvalue weighted by atomic mass is 16.8. The summed E-state index contributed by atoms with van der Waals surface area (Å²) in [5, 5.41) is 4.16. The van der Waals surface area contributed by atoms with Gasteiger partial charge in [0.25, 0.3) is 0 Å². The average Bonchev–Trinajstić information content (AvgIpc) is 3.30. The Hall–Kier alpha value is -5.72. The molecule has 0 N–H and O–H groups in total. The van der Waals surface area contributed by atoms with Crippen LogP contribution in [-0.4, -0.2) is 92.5 Å². The van der Waals surface area contributed by atoms with E-state index in [9.17, 15) is 19.9 Å². The molecule has 0 saturated carbocycles. The number of ether oxygens (including phenoxy) is 11. The van der Waals surface area contributed by atoms with Crippen LogP contribution in [0, 0.1) is 0 Å². The highest BCUT2D eigenvalue weighted by Gasteiger charge is 2.57. The lowest BCUT2D eigenvalue weighted by Crippen LogP contribution is -2.67. The van der Waals surface area contributed by atoms with E-state index in [1.54, 1.807) is 0 Å². The summed E-state index contributed by atoms with van der Waals surface area (Å²) in [5.74, 6) is -1.75. The fourth-order valence-electron chi connectivity index (χ4n) is 7.66. The maximum atomic E-state index is 12.8. The number of esters is 3. The Bertz CT molecular complexity index is 2160. The van der Waals surface area contributed by atoms with E-state index in [-0.39, 0.29) is 45.6 Å². The van der Waals surface area contributed by atoms with E-state index in [0.717, 1.165) is 27.8 Å². The zero-order chi connectivity index (χ0) is 44.8. The normalized spacial score (nSPS) is 27.6. The molecule has 0 aromatic heterocycles. The van der Waals surface area contributed by atoms with Crippen molar-refractivity contribution in [2.75, 3.05) is 13.2 Å². The van der Waals surface area contributed by atoms with Crippen molar-refractivity contribution < 1.29 is 66.5 Å². The molecule has 3 aliphatic rings. The summed E-state index contributed by atoms with van der Waals surface area (Å²) >= 11 is 0. The molecule has 3 fully saturated rings. The summed E-state index contributed by atoms with van der Waals surface area (Å²) in [7, 11) is 0. The SMILES string of the molecule is CC(=O)OCc1ccc(CO[C@@H]2O[C@H](COCc3ccccc3)[C@@H](O[C@@H]3O[C@@H]4CO[C@H](c5ccccc5)O[C@@H]4[C@H](OC(C)=O)[C@H]3OC(C)=O)[C@H](OCc3ccccc3)[C@H]2N=[N+]=[N-])cc1. The third-order valence-corrected chi connectivity index (χ3v) is 10.6. The average molecular weight is 882 g/mol. The first-order chi connectivity index (χ1) is 31.1. The number of hydrogen-bond acceptors (Lipinski definition) is 15. The first-order valence-electron chi connectivity index (χ1n) is 20.9. The van der Waals surface area contributed by atoms with Gasteiger partial charge in [0.2, 0.25) is 0 Å². The zero-order valence-corrected chi connectivity index (χ0v) is 35.6. The molecule has 0 unspecified atom stereocenters. The van der Waals surface area contributed by atoms with Crippen LogP contribution in [0.2, 0.25) is 0 Å². The van der Waals surface area contributed by atoms with Gasteiger partial charge in [-0.3, -0.25) is 14.4 Å². The van der Waals surface area contributed by atoms with E-state index in [2.05, 4.69) is 10.0 Å².